The number of para-hydroxylation sites is 1. The summed E-state index contributed by atoms with van der Waals surface area (Å²) in [6, 6.07) is 13.4. The van der Waals surface area contributed by atoms with Crippen molar-refractivity contribution in [3.63, 3.8) is 0 Å². The van der Waals surface area contributed by atoms with Gasteiger partial charge in [-0.1, -0.05) is 41.4 Å². The average Bonchev–Trinajstić information content (AvgIpc) is 3.02. The zero-order chi connectivity index (χ0) is 20.5. The van der Waals surface area contributed by atoms with E-state index in [-0.39, 0.29) is 30.4 Å². The van der Waals surface area contributed by atoms with Crippen LogP contribution in [0.25, 0.3) is 0 Å². The summed E-state index contributed by atoms with van der Waals surface area (Å²) in [5.74, 6) is -0.382. The maximum absolute atomic E-state index is 12.8. The SMILES string of the molecule is O=C(c1ccc(Cl)cc1Cl)N1CCC(N2CC(=O)N(c3ccccc3)C2=O)CC1. The lowest BCUT2D eigenvalue weighted by Crippen LogP contribution is -2.48. The van der Waals surface area contributed by atoms with Gasteiger partial charge in [-0.05, 0) is 43.2 Å². The van der Waals surface area contributed by atoms with Crippen LogP contribution in [-0.4, -0.2) is 53.3 Å². The Bertz CT molecular complexity index is 959. The standard InChI is InChI=1S/C21H19Cl2N3O3/c22-14-6-7-17(18(23)12-14)20(28)24-10-8-15(9-11-24)25-13-19(27)26(21(25)29)16-4-2-1-3-5-16/h1-7,12,15H,8-11,13H2. The minimum atomic E-state index is -0.299. The molecule has 8 heteroatoms. The third-order valence-electron chi connectivity index (χ3n) is 5.36. The van der Waals surface area contributed by atoms with E-state index < -0.39 is 0 Å². The number of amides is 4. The number of piperidine rings is 1. The summed E-state index contributed by atoms with van der Waals surface area (Å²) in [5.41, 5.74) is 0.993. The highest BCUT2D eigenvalue weighted by molar-refractivity contribution is 6.36. The third kappa shape index (κ3) is 3.82. The van der Waals surface area contributed by atoms with Gasteiger partial charge >= 0.3 is 6.03 Å². The molecule has 0 aliphatic carbocycles. The molecule has 2 aliphatic heterocycles. The number of urea groups is 1. The summed E-state index contributed by atoms with van der Waals surface area (Å²) in [6.07, 6.45) is 1.22. The summed E-state index contributed by atoms with van der Waals surface area (Å²) in [4.78, 5) is 42.6. The molecule has 0 aromatic heterocycles. The van der Waals surface area contributed by atoms with Crippen LogP contribution in [0.4, 0.5) is 10.5 Å². The van der Waals surface area contributed by atoms with E-state index in [0.29, 0.717) is 47.2 Å². The smallest absolute Gasteiger partial charge is 0.332 e. The maximum atomic E-state index is 12.8. The molecule has 150 valence electrons. The van der Waals surface area contributed by atoms with Crippen LogP contribution in [0, 0.1) is 0 Å². The summed E-state index contributed by atoms with van der Waals surface area (Å²) >= 11 is 12.1. The highest BCUT2D eigenvalue weighted by Gasteiger charge is 2.41. The molecule has 0 unspecified atom stereocenters. The van der Waals surface area contributed by atoms with Gasteiger partial charge in [0.2, 0.25) is 0 Å². The van der Waals surface area contributed by atoms with Crippen LogP contribution in [0.15, 0.2) is 48.5 Å². The molecule has 0 bridgehead atoms. The number of halogens is 2. The predicted molar refractivity (Wildman–Crippen MR) is 111 cm³/mol. The van der Waals surface area contributed by atoms with E-state index in [4.69, 9.17) is 23.2 Å². The second kappa shape index (κ2) is 8.05. The van der Waals surface area contributed by atoms with Gasteiger partial charge in [0.05, 0.1) is 16.3 Å². The first-order valence-corrected chi connectivity index (χ1v) is 10.1. The third-order valence-corrected chi connectivity index (χ3v) is 5.91. The van der Waals surface area contributed by atoms with Gasteiger partial charge in [-0.15, -0.1) is 0 Å². The molecule has 6 nitrogen and oxygen atoms in total. The van der Waals surface area contributed by atoms with Gasteiger partial charge in [-0.25, -0.2) is 9.69 Å². The molecule has 2 aromatic carbocycles. The zero-order valence-corrected chi connectivity index (χ0v) is 17.1. The Balaban J connectivity index is 1.41. The number of likely N-dealkylation sites (tertiary alicyclic amines) is 1. The molecule has 2 heterocycles. The van der Waals surface area contributed by atoms with Crippen molar-refractivity contribution in [1.82, 2.24) is 9.80 Å². The van der Waals surface area contributed by atoms with Crippen LogP contribution in [0.1, 0.15) is 23.2 Å². The van der Waals surface area contributed by atoms with Gasteiger partial charge in [-0.3, -0.25) is 9.59 Å². The molecule has 0 N–H and O–H groups in total. The normalized spacial score (nSPS) is 17.9. The van der Waals surface area contributed by atoms with E-state index >= 15 is 0 Å². The second-order valence-corrected chi connectivity index (χ2v) is 7.97. The molecular formula is C21H19Cl2N3O3. The Kier molecular flexibility index (Phi) is 5.48. The van der Waals surface area contributed by atoms with Crippen molar-refractivity contribution < 1.29 is 14.4 Å². The van der Waals surface area contributed by atoms with Gasteiger partial charge in [-0.2, -0.15) is 0 Å². The Hall–Kier alpha value is -2.57. The maximum Gasteiger partial charge on any atom is 0.332 e. The number of hydrogen-bond acceptors (Lipinski definition) is 3. The summed E-state index contributed by atoms with van der Waals surface area (Å²) < 4.78 is 0. The fourth-order valence-corrected chi connectivity index (χ4v) is 4.34. The number of rotatable bonds is 3. The van der Waals surface area contributed by atoms with Crippen molar-refractivity contribution in [2.24, 2.45) is 0 Å². The van der Waals surface area contributed by atoms with Gasteiger partial charge in [0, 0.05) is 24.2 Å². The fraction of sp³-hybridized carbons (Fsp3) is 0.286. The predicted octanol–water partition coefficient (Wildman–Crippen LogP) is 4.07. The van der Waals surface area contributed by atoms with Gasteiger partial charge < -0.3 is 9.80 Å². The lowest BCUT2D eigenvalue weighted by molar-refractivity contribution is -0.116. The van der Waals surface area contributed by atoms with Crippen LogP contribution in [0.2, 0.25) is 10.0 Å². The minimum Gasteiger partial charge on any atom is -0.338 e. The van der Waals surface area contributed by atoms with E-state index in [1.165, 1.54) is 4.90 Å². The molecule has 2 aliphatic rings. The first-order valence-electron chi connectivity index (χ1n) is 9.38. The molecule has 4 rings (SSSR count). The highest BCUT2D eigenvalue weighted by atomic mass is 35.5. The average molecular weight is 432 g/mol. The number of benzene rings is 2. The molecule has 2 fully saturated rings. The van der Waals surface area contributed by atoms with Crippen molar-refractivity contribution >= 4 is 46.7 Å². The van der Waals surface area contributed by atoms with E-state index in [9.17, 15) is 14.4 Å². The van der Waals surface area contributed by atoms with Crippen molar-refractivity contribution in [3.05, 3.63) is 64.1 Å². The summed E-state index contributed by atoms with van der Waals surface area (Å²) in [7, 11) is 0. The van der Waals surface area contributed by atoms with E-state index in [1.54, 1.807) is 52.3 Å². The van der Waals surface area contributed by atoms with Crippen LogP contribution >= 0.6 is 23.2 Å². The first kappa shape index (κ1) is 19.7. The number of anilines is 1. The van der Waals surface area contributed by atoms with E-state index in [2.05, 4.69) is 0 Å². The molecular weight excluding hydrogens is 413 g/mol. The largest absolute Gasteiger partial charge is 0.338 e. The van der Waals surface area contributed by atoms with Crippen molar-refractivity contribution in [3.8, 4) is 0 Å². The molecule has 0 radical (unpaired) electrons. The van der Waals surface area contributed by atoms with Gasteiger partial charge in [0.25, 0.3) is 11.8 Å². The fourth-order valence-electron chi connectivity index (χ4n) is 3.85. The monoisotopic (exact) mass is 431 g/mol. The van der Waals surface area contributed by atoms with Crippen molar-refractivity contribution in [1.29, 1.82) is 0 Å². The van der Waals surface area contributed by atoms with E-state index in [0.717, 1.165) is 0 Å². The number of hydrogen-bond donors (Lipinski definition) is 0. The molecule has 29 heavy (non-hydrogen) atoms. The Morgan fingerprint density at radius 3 is 2.31 bits per heavy atom. The highest BCUT2D eigenvalue weighted by Crippen LogP contribution is 2.28. The molecule has 2 saturated heterocycles. The first-order chi connectivity index (χ1) is 14.0. The number of imide groups is 1. The molecule has 0 spiro atoms. The van der Waals surface area contributed by atoms with Gasteiger partial charge in [0.15, 0.2) is 0 Å². The molecule has 2 aromatic rings. The topological polar surface area (TPSA) is 60.9 Å². The minimum absolute atomic E-state index is 0.0648. The Morgan fingerprint density at radius 2 is 1.66 bits per heavy atom. The zero-order valence-electron chi connectivity index (χ0n) is 15.6. The summed E-state index contributed by atoms with van der Waals surface area (Å²) in [6.45, 7) is 1.05. The lowest BCUT2D eigenvalue weighted by atomic mass is 10.0. The van der Waals surface area contributed by atoms with Crippen LogP contribution < -0.4 is 4.90 Å². The number of nitrogens with zero attached hydrogens (tertiary/aromatic N) is 3. The van der Waals surface area contributed by atoms with Crippen molar-refractivity contribution in [2.45, 2.75) is 18.9 Å². The Morgan fingerprint density at radius 1 is 0.966 bits per heavy atom. The number of carbonyl (C=O) groups excluding carboxylic acids is 3. The molecule has 0 saturated carbocycles. The second-order valence-electron chi connectivity index (χ2n) is 7.12. The van der Waals surface area contributed by atoms with Crippen LogP contribution in [-0.2, 0) is 4.79 Å². The number of carbonyl (C=O) groups is 3. The molecule has 0 atom stereocenters. The Labute approximate surface area is 178 Å². The van der Waals surface area contributed by atoms with Gasteiger partial charge in [0.1, 0.15) is 6.54 Å². The van der Waals surface area contributed by atoms with E-state index in [1.807, 2.05) is 6.07 Å². The summed E-state index contributed by atoms with van der Waals surface area (Å²) in [5, 5.41) is 0.800. The lowest BCUT2D eigenvalue weighted by Gasteiger charge is -2.36. The van der Waals surface area contributed by atoms with Crippen LogP contribution in [0.3, 0.4) is 0 Å². The molecule has 4 amide bonds. The van der Waals surface area contributed by atoms with Crippen LogP contribution in [0.5, 0.6) is 0 Å². The van der Waals surface area contributed by atoms with Crippen molar-refractivity contribution in [2.75, 3.05) is 24.5 Å². The quantitative estimate of drug-likeness (QED) is 0.688.